The van der Waals surface area contributed by atoms with Gasteiger partial charge in [0.2, 0.25) is 0 Å². The van der Waals surface area contributed by atoms with Gasteiger partial charge in [-0.05, 0) is 43.3 Å². The van der Waals surface area contributed by atoms with Crippen molar-refractivity contribution in [3.8, 4) is 0 Å². The number of carbonyl (C=O) groups is 2. The Morgan fingerprint density at radius 1 is 0.958 bits per heavy atom. The van der Waals surface area contributed by atoms with E-state index in [1.165, 1.54) is 11.9 Å². The van der Waals surface area contributed by atoms with Gasteiger partial charge in [0.25, 0.3) is 5.91 Å². The van der Waals surface area contributed by atoms with E-state index < -0.39 is 11.9 Å². The summed E-state index contributed by atoms with van der Waals surface area (Å²) >= 11 is 18.0. The number of urea groups is 1. The van der Waals surface area contributed by atoms with Crippen LogP contribution in [0.25, 0.3) is 0 Å². The fraction of sp³-hybridized carbons (Fsp3) is 0.176. The van der Waals surface area contributed by atoms with Crippen molar-refractivity contribution in [2.75, 3.05) is 18.5 Å². The molecule has 2 rings (SSSR count). The number of carbonyl (C=O) groups excluding carboxylic acids is 2. The minimum Gasteiger partial charge on any atom is -0.294 e. The van der Waals surface area contributed by atoms with Crippen LogP contribution >= 0.6 is 34.8 Å². The summed E-state index contributed by atoms with van der Waals surface area (Å²) in [5.74, 6) is -0.567. The van der Waals surface area contributed by atoms with Crippen molar-refractivity contribution in [2.24, 2.45) is 0 Å². The van der Waals surface area contributed by atoms with Crippen LogP contribution in [-0.4, -0.2) is 30.4 Å². The van der Waals surface area contributed by atoms with Crippen molar-refractivity contribution in [2.45, 2.75) is 6.92 Å². The SMILES string of the molecule is CCN(C(=O)N(C)C(=O)c1c(Cl)cccc1Cl)c1ccc(Cl)cc1. The highest BCUT2D eigenvalue weighted by atomic mass is 35.5. The molecule has 0 unspecified atom stereocenters. The molecule has 0 fully saturated rings. The molecule has 24 heavy (non-hydrogen) atoms. The molecular formula is C17H15Cl3N2O2. The van der Waals surface area contributed by atoms with Crippen LogP contribution in [0.3, 0.4) is 0 Å². The Hall–Kier alpha value is -1.75. The highest BCUT2D eigenvalue weighted by Gasteiger charge is 2.27. The number of anilines is 1. The van der Waals surface area contributed by atoms with Gasteiger partial charge in [-0.2, -0.15) is 0 Å². The molecule has 0 saturated heterocycles. The van der Waals surface area contributed by atoms with E-state index in [0.717, 1.165) is 4.90 Å². The molecule has 0 aliphatic rings. The van der Waals surface area contributed by atoms with E-state index >= 15 is 0 Å². The highest BCUT2D eigenvalue weighted by molar-refractivity contribution is 6.40. The minimum absolute atomic E-state index is 0.101. The van der Waals surface area contributed by atoms with Crippen molar-refractivity contribution in [1.82, 2.24) is 4.90 Å². The van der Waals surface area contributed by atoms with E-state index in [2.05, 4.69) is 0 Å². The third kappa shape index (κ3) is 3.83. The zero-order valence-corrected chi connectivity index (χ0v) is 15.4. The zero-order valence-electron chi connectivity index (χ0n) is 13.1. The van der Waals surface area contributed by atoms with E-state index in [0.29, 0.717) is 17.3 Å². The van der Waals surface area contributed by atoms with Crippen LogP contribution in [0.5, 0.6) is 0 Å². The number of hydrogen-bond acceptors (Lipinski definition) is 2. The topological polar surface area (TPSA) is 40.6 Å². The van der Waals surface area contributed by atoms with Gasteiger partial charge < -0.3 is 0 Å². The Morgan fingerprint density at radius 2 is 1.50 bits per heavy atom. The Bertz CT molecular complexity index is 743. The number of nitrogens with zero attached hydrogens (tertiary/aromatic N) is 2. The minimum atomic E-state index is -0.567. The Morgan fingerprint density at radius 3 is 2.00 bits per heavy atom. The monoisotopic (exact) mass is 384 g/mol. The van der Waals surface area contributed by atoms with Crippen LogP contribution < -0.4 is 4.90 Å². The van der Waals surface area contributed by atoms with E-state index in [4.69, 9.17) is 34.8 Å². The smallest absolute Gasteiger partial charge is 0.294 e. The maximum atomic E-state index is 12.7. The molecule has 0 bridgehead atoms. The van der Waals surface area contributed by atoms with Crippen LogP contribution in [0, 0.1) is 0 Å². The molecule has 3 amide bonds. The van der Waals surface area contributed by atoms with Crippen LogP contribution in [-0.2, 0) is 0 Å². The molecule has 126 valence electrons. The fourth-order valence-electron chi connectivity index (χ4n) is 2.19. The molecule has 4 nitrogen and oxygen atoms in total. The van der Waals surface area contributed by atoms with Gasteiger partial charge in [0.05, 0.1) is 15.6 Å². The van der Waals surface area contributed by atoms with Crippen LogP contribution in [0.15, 0.2) is 42.5 Å². The maximum Gasteiger partial charge on any atom is 0.331 e. The molecule has 0 spiro atoms. The largest absolute Gasteiger partial charge is 0.331 e. The predicted octanol–water partition coefficient (Wildman–Crippen LogP) is 5.37. The molecule has 2 aromatic rings. The van der Waals surface area contributed by atoms with Crippen LogP contribution in [0.4, 0.5) is 10.5 Å². The normalized spacial score (nSPS) is 10.4. The summed E-state index contributed by atoms with van der Waals surface area (Å²) in [6.45, 7) is 2.20. The maximum absolute atomic E-state index is 12.7. The molecule has 0 aliphatic heterocycles. The number of benzene rings is 2. The molecule has 7 heteroatoms. The molecule has 0 saturated carbocycles. The molecule has 0 heterocycles. The van der Waals surface area contributed by atoms with Crippen molar-refractivity contribution in [1.29, 1.82) is 0 Å². The predicted molar refractivity (Wildman–Crippen MR) is 98.4 cm³/mol. The molecule has 0 radical (unpaired) electrons. The zero-order chi connectivity index (χ0) is 17.9. The number of halogens is 3. The van der Waals surface area contributed by atoms with Crippen molar-refractivity contribution < 1.29 is 9.59 Å². The van der Waals surface area contributed by atoms with Gasteiger partial charge in [0.1, 0.15) is 0 Å². The van der Waals surface area contributed by atoms with Crippen molar-refractivity contribution in [3.63, 3.8) is 0 Å². The van der Waals surface area contributed by atoms with Gasteiger partial charge in [0, 0.05) is 24.3 Å². The molecule has 2 aromatic carbocycles. The Kier molecular flexibility index (Phi) is 6.10. The fourth-order valence-corrected chi connectivity index (χ4v) is 2.87. The lowest BCUT2D eigenvalue weighted by atomic mass is 10.2. The van der Waals surface area contributed by atoms with E-state index in [-0.39, 0.29) is 15.6 Å². The molecule has 0 aliphatic carbocycles. The Balaban J connectivity index is 2.30. The summed E-state index contributed by atoms with van der Waals surface area (Å²) in [7, 11) is 1.39. The lowest BCUT2D eigenvalue weighted by Crippen LogP contribution is -2.44. The van der Waals surface area contributed by atoms with E-state index in [1.54, 1.807) is 42.5 Å². The Labute approximate surface area is 155 Å². The van der Waals surface area contributed by atoms with Gasteiger partial charge in [-0.1, -0.05) is 40.9 Å². The summed E-state index contributed by atoms with van der Waals surface area (Å²) in [5.41, 5.74) is 0.737. The van der Waals surface area contributed by atoms with Gasteiger partial charge >= 0.3 is 6.03 Å². The number of rotatable bonds is 3. The lowest BCUT2D eigenvalue weighted by Gasteiger charge is -2.26. The molecular weight excluding hydrogens is 371 g/mol. The van der Waals surface area contributed by atoms with E-state index in [9.17, 15) is 9.59 Å². The first kappa shape index (κ1) is 18.6. The number of hydrogen-bond donors (Lipinski definition) is 0. The highest BCUT2D eigenvalue weighted by Crippen LogP contribution is 2.26. The van der Waals surface area contributed by atoms with E-state index in [1.807, 2.05) is 6.92 Å². The second-order valence-corrected chi connectivity index (χ2v) is 6.21. The summed E-state index contributed by atoms with van der Waals surface area (Å²) in [4.78, 5) is 27.8. The first-order chi connectivity index (χ1) is 11.4. The van der Waals surface area contributed by atoms with Crippen molar-refractivity contribution >= 4 is 52.4 Å². The van der Waals surface area contributed by atoms with Crippen LogP contribution in [0.2, 0.25) is 15.1 Å². The third-order valence-electron chi connectivity index (χ3n) is 3.45. The molecule has 0 N–H and O–H groups in total. The lowest BCUT2D eigenvalue weighted by molar-refractivity contribution is 0.0836. The van der Waals surface area contributed by atoms with Crippen LogP contribution in [0.1, 0.15) is 17.3 Å². The van der Waals surface area contributed by atoms with Gasteiger partial charge in [-0.25, -0.2) is 4.79 Å². The summed E-state index contributed by atoms with van der Waals surface area (Å²) in [6.07, 6.45) is 0. The average Bonchev–Trinajstić information content (AvgIpc) is 2.56. The average molecular weight is 386 g/mol. The second kappa shape index (κ2) is 7.88. The second-order valence-electron chi connectivity index (χ2n) is 4.96. The first-order valence-electron chi connectivity index (χ1n) is 7.16. The molecule has 0 atom stereocenters. The summed E-state index contributed by atoms with van der Waals surface area (Å²) in [5, 5.41) is 0.956. The third-order valence-corrected chi connectivity index (χ3v) is 4.34. The number of amides is 3. The molecule has 0 aromatic heterocycles. The standard InChI is InChI=1S/C17H15Cl3N2O2/c1-3-22(12-9-7-11(18)8-10-12)17(24)21(2)16(23)15-13(19)5-4-6-14(15)20/h4-10H,3H2,1-2H3. The van der Waals surface area contributed by atoms with Crippen molar-refractivity contribution in [3.05, 3.63) is 63.1 Å². The quantitative estimate of drug-likeness (QED) is 0.713. The number of imide groups is 1. The summed E-state index contributed by atoms with van der Waals surface area (Å²) in [6, 6.07) is 11.0. The first-order valence-corrected chi connectivity index (χ1v) is 8.29. The van der Waals surface area contributed by atoms with Gasteiger partial charge in [0.15, 0.2) is 0 Å². The summed E-state index contributed by atoms with van der Waals surface area (Å²) < 4.78 is 0. The van der Waals surface area contributed by atoms with Gasteiger partial charge in [-0.3, -0.25) is 14.6 Å². The van der Waals surface area contributed by atoms with Gasteiger partial charge in [-0.15, -0.1) is 0 Å².